The summed E-state index contributed by atoms with van der Waals surface area (Å²) in [6.45, 7) is 2.14. The maximum Gasteiger partial charge on any atom is 0.0631 e. The average Bonchev–Trinajstić information content (AvgIpc) is 2.78. The van der Waals surface area contributed by atoms with Crippen molar-refractivity contribution in [2.45, 2.75) is 6.92 Å². The van der Waals surface area contributed by atoms with Crippen molar-refractivity contribution in [3.8, 4) is 0 Å². The largest absolute Gasteiger partial charge is 0.378 e. The minimum atomic E-state index is 0.970. The molecule has 3 rings (SSSR count). The molecule has 0 spiro atoms. The average molecular weight is 291 g/mol. The van der Waals surface area contributed by atoms with Gasteiger partial charge in [-0.1, -0.05) is 18.2 Å². The van der Waals surface area contributed by atoms with E-state index in [4.69, 9.17) is 0 Å². The molecule has 3 nitrogen and oxygen atoms in total. The van der Waals surface area contributed by atoms with E-state index in [1.54, 1.807) is 0 Å². The lowest BCUT2D eigenvalue weighted by molar-refractivity contribution is 0.917. The highest BCUT2D eigenvalue weighted by atomic mass is 15.1. The van der Waals surface area contributed by atoms with Gasteiger partial charge >= 0.3 is 0 Å². The fourth-order valence-corrected chi connectivity index (χ4v) is 2.69. The molecule has 3 heteroatoms. The van der Waals surface area contributed by atoms with Gasteiger partial charge in [-0.3, -0.25) is 4.99 Å². The topological polar surface area (TPSA) is 20.5 Å². The summed E-state index contributed by atoms with van der Waals surface area (Å²) in [6, 6.07) is 16.7. The second-order valence-electron chi connectivity index (χ2n) is 5.74. The van der Waals surface area contributed by atoms with Crippen molar-refractivity contribution in [2.75, 3.05) is 19.0 Å². The van der Waals surface area contributed by atoms with Gasteiger partial charge in [0.25, 0.3) is 0 Å². The molecule has 0 amide bonds. The zero-order chi connectivity index (χ0) is 15.7. The summed E-state index contributed by atoms with van der Waals surface area (Å²) in [6.07, 6.45) is 1.97. The van der Waals surface area contributed by atoms with E-state index < -0.39 is 0 Å². The molecular weight excluding hydrogens is 270 g/mol. The van der Waals surface area contributed by atoms with Crippen LogP contribution in [0.1, 0.15) is 11.3 Å². The second kappa shape index (κ2) is 5.68. The van der Waals surface area contributed by atoms with Gasteiger partial charge in [0.15, 0.2) is 0 Å². The van der Waals surface area contributed by atoms with E-state index in [0.29, 0.717) is 0 Å². The molecule has 0 aliphatic rings. The number of hydrogen-bond donors (Lipinski definition) is 0. The van der Waals surface area contributed by atoms with E-state index in [9.17, 15) is 0 Å². The van der Waals surface area contributed by atoms with Gasteiger partial charge in [-0.05, 0) is 37.3 Å². The monoisotopic (exact) mass is 291 g/mol. The molecule has 0 atom stereocenters. The zero-order valence-electron chi connectivity index (χ0n) is 13.5. The van der Waals surface area contributed by atoms with E-state index in [-0.39, 0.29) is 0 Å². The van der Waals surface area contributed by atoms with Crippen LogP contribution in [0.4, 0.5) is 11.4 Å². The van der Waals surface area contributed by atoms with Gasteiger partial charge in [0.1, 0.15) is 0 Å². The molecule has 2 aromatic carbocycles. The van der Waals surface area contributed by atoms with Crippen LogP contribution in [-0.2, 0) is 7.05 Å². The SMILES string of the molecule is Cc1c(C=Nc2ccc(N(C)C)cc2)c2ccccc2n1C. The van der Waals surface area contributed by atoms with Gasteiger partial charge in [-0.2, -0.15) is 0 Å². The molecule has 22 heavy (non-hydrogen) atoms. The highest BCUT2D eigenvalue weighted by Crippen LogP contribution is 2.24. The predicted octanol–water partition coefficient (Wildman–Crippen LogP) is 4.30. The van der Waals surface area contributed by atoms with Gasteiger partial charge in [-0.15, -0.1) is 0 Å². The Balaban J connectivity index is 1.97. The number of aryl methyl sites for hydroxylation is 1. The molecule has 0 fully saturated rings. The van der Waals surface area contributed by atoms with Crippen LogP contribution in [0.25, 0.3) is 10.9 Å². The zero-order valence-corrected chi connectivity index (χ0v) is 13.5. The lowest BCUT2D eigenvalue weighted by Crippen LogP contribution is -2.07. The number of aliphatic imine (C=N–C) groups is 1. The maximum absolute atomic E-state index is 4.64. The molecule has 0 bridgehead atoms. The van der Waals surface area contributed by atoms with Gasteiger partial charge in [-0.25, -0.2) is 0 Å². The summed E-state index contributed by atoms with van der Waals surface area (Å²) in [7, 11) is 6.18. The number of anilines is 1. The Morgan fingerprint density at radius 2 is 1.68 bits per heavy atom. The van der Waals surface area contributed by atoms with Crippen LogP contribution in [0.3, 0.4) is 0 Å². The molecule has 1 heterocycles. The molecule has 0 unspecified atom stereocenters. The summed E-state index contributed by atoms with van der Waals surface area (Å²) in [5, 5.41) is 1.25. The normalized spacial score (nSPS) is 11.5. The van der Waals surface area contributed by atoms with Crippen LogP contribution in [0.2, 0.25) is 0 Å². The van der Waals surface area contributed by atoms with Crippen LogP contribution < -0.4 is 4.90 Å². The molecule has 0 aliphatic heterocycles. The van der Waals surface area contributed by atoms with Crippen LogP contribution in [-0.4, -0.2) is 24.9 Å². The Morgan fingerprint density at radius 1 is 1.00 bits per heavy atom. The Labute approximate surface area is 131 Å². The number of benzene rings is 2. The van der Waals surface area contributed by atoms with Crippen molar-refractivity contribution in [3.05, 3.63) is 59.8 Å². The second-order valence-corrected chi connectivity index (χ2v) is 5.74. The van der Waals surface area contributed by atoms with Gasteiger partial charge in [0.05, 0.1) is 5.69 Å². The van der Waals surface area contributed by atoms with E-state index in [1.807, 2.05) is 32.4 Å². The van der Waals surface area contributed by atoms with E-state index in [0.717, 1.165) is 5.69 Å². The molecule has 112 valence electrons. The predicted molar refractivity (Wildman–Crippen MR) is 95.7 cm³/mol. The third-order valence-electron chi connectivity index (χ3n) is 4.16. The Hall–Kier alpha value is -2.55. The van der Waals surface area contributed by atoms with Gasteiger partial charge in [0.2, 0.25) is 0 Å². The number of nitrogens with zero attached hydrogens (tertiary/aromatic N) is 3. The lowest BCUT2D eigenvalue weighted by atomic mass is 10.1. The molecule has 0 N–H and O–H groups in total. The third-order valence-corrected chi connectivity index (χ3v) is 4.16. The lowest BCUT2D eigenvalue weighted by Gasteiger charge is -2.11. The summed E-state index contributed by atoms with van der Waals surface area (Å²) >= 11 is 0. The maximum atomic E-state index is 4.64. The first-order chi connectivity index (χ1) is 10.6. The number of para-hydroxylation sites is 1. The molecule has 0 aliphatic carbocycles. The summed E-state index contributed by atoms with van der Waals surface area (Å²) in [4.78, 5) is 6.73. The molecule has 3 aromatic rings. The van der Waals surface area contributed by atoms with Crippen molar-refractivity contribution < 1.29 is 0 Å². The van der Waals surface area contributed by atoms with Crippen molar-refractivity contribution in [1.29, 1.82) is 0 Å². The number of aromatic nitrogens is 1. The molecule has 0 saturated heterocycles. The van der Waals surface area contributed by atoms with E-state index in [1.165, 1.54) is 27.8 Å². The first-order valence-corrected chi connectivity index (χ1v) is 7.43. The Morgan fingerprint density at radius 3 is 2.36 bits per heavy atom. The van der Waals surface area contributed by atoms with Crippen LogP contribution >= 0.6 is 0 Å². The smallest absolute Gasteiger partial charge is 0.0631 e. The molecule has 1 aromatic heterocycles. The van der Waals surface area contributed by atoms with E-state index >= 15 is 0 Å². The van der Waals surface area contributed by atoms with Crippen molar-refractivity contribution in [1.82, 2.24) is 4.57 Å². The number of rotatable bonds is 3. The van der Waals surface area contributed by atoms with Crippen molar-refractivity contribution >= 4 is 28.5 Å². The van der Waals surface area contributed by atoms with Crippen molar-refractivity contribution in [2.24, 2.45) is 12.0 Å². The van der Waals surface area contributed by atoms with Crippen molar-refractivity contribution in [3.63, 3.8) is 0 Å². The number of fused-ring (bicyclic) bond motifs is 1. The summed E-state index contributed by atoms with van der Waals surface area (Å²) in [5.74, 6) is 0. The molecule has 0 radical (unpaired) electrons. The summed E-state index contributed by atoms with van der Waals surface area (Å²) < 4.78 is 2.21. The first kappa shape index (κ1) is 14.4. The Kier molecular flexibility index (Phi) is 3.72. The van der Waals surface area contributed by atoms with Crippen LogP contribution in [0.15, 0.2) is 53.5 Å². The minimum Gasteiger partial charge on any atom is -0.378 e. The number of hydrogen-bond acceptors (Lipinski definition) is 2. The van der Waals surface area contributed by atoms with Gasteiger partial charge in [0, 0.05) is 55.2 Å². The van der Waals surface area contributed by atoms with E-state index in [2.05, 4.69) is 64.8 Å². The first-order valence-electron chi connectivity index (χ1n) is 7.43. The fourth-order valence-electron chi connectivity index (χ4n) is 2.69. The van der Waals surface area contributed by atoms with Crippen LogP contribution in [0, 0.1) is 6.92 Å². The molecule has 0 saturated carbocycles. The Bertz CT molecular complexity index is 824. The molecular formula is C19H21N3. The highest BCUT2D eigenvalue weighted by Gasteiger charge is 2.09. The fraction of sp³-hybridized carbons (Fsp3) is 0.211. The van der Waals surface area contributed by atoms with Crippen LogP contribution in [0.5, 0.6) is 0 Å². The van der Waals surface area contributed by atoms with Gasteiger partial charge < -0.3 is 9.47 Å². The standard InChI is InChI=1S/C19H21N3/c1-14-18(17-7-5-6-8-19(17)22(14)4)13-20-15-9-11-16(12-10-15)21(2)3/h5-13H,1-4H3. The highest BCUT2D eigenvalue weighted by molar-refractivity contribution is 6.01. The third kappa shape index (κ3) is 2.50. The summed E-state index contributed by atoms with van der Waals surface area (Å²) in [5.41, 5.74) is 5.81. The quantitative estimate of drug-likeness (QED) is 0.659. The minimum absolute atomic E-state index is 0.970.